The van der Waals surface area contributed by atoms with Gasteiger partial charge in [0, 0.05) is 25.2 Å². The van der Waals surface area contributed by atoms with E-state index >= 15 is 0 Å². The summed E-state index contributed by atoms with van der Waals surface area (Å²) < 4.78 is 0. The van der Waals surface area contributed by atoms with Crippen LogP contribution >= 0.6 is 11.6 Å². The molecule has 4 heteroatoms. The third-order valence-electron chi connectivity index (χ3n) is 1.99. The molecule has 0 saturated heterocycles. The van der Waals surface area contributed by atoms with E-state index in [1.54, 1.807) is 17.3 Å². The predicted octanol–water partition coefficient (Wildman–Crippen LogP) is 3.38. The lowest BCUT2D eigenvalue weighted by Crippen LogP contribution is -2.04. The molecule has 0 saturated carbocycles. The minimum absolute atomic E-state index is 0.454. The summed E-state index contributed by atoms with van der Waals surface area (Å²) in [5.74, 6) is 0. The van der Waals surface area contributed by atoms with Gasteiger partial charge in [-0.3, -0.25) is 4.79 Å². The average molecular weight is 255 g/mol. The lowest BCUT2D eigenvalue weighted by molar-refractivity contribution is 0.112. The van der Waals surface area contributed by atoms with E-state index in [0.29, 0.717) is 10.6 Å². The highest BCUT2D eigenvalue weighted by Gasteiger charge is 2.07. The van der Waals surface area contributed by atoms with Crippen molar-refractivity contribution in [3.8, 4) is 0 Å². The first-order valence-corrected chi connectivity index (χ1v) is 5.89. The zero-order valence-corrected chi connectivity index (χ0v) is 11.7. The number of halogens is 1. The molecule has 17 heavy (non-hydrogen) atoms. The zero-order valence-electron chi connectivity index (χ0n) is 11.0. The molecule has 1 aromatic carbocycles. The summed E-state index contributed by atoms with van der Waals surface area (Å²) in [5, 5.41) is 6.21. The second kappa shape index (κ2) is 7.85. The van der Waals surface area contributed by atoms with Gasteiger partial charge in [-0.15, -0.1) is 0 Å². The van der Waals surface area contributed by atoms with Crippen LogP contribution < -0.4 is 0 Å². The summed E-state index contributed by atoms with van der Waals surface area (Å²) in [5.41, 5.74) is 2.24. The van der Waals surface area contributed by atoms with E-state index in [0.717, 1.165) is 17.4 Å². The Labute approximate surface area is 108 Å². The number of aldehydes is 1. The monoisotopic (exact) mass is 254 g/mol. The van der Waals surface area contributed by atoms with Crippen LogP contribution in [0.5, 0.6) is 0 Å². The molecule has 1 aromatic rings. The van der Waals surface area contributed by atoms with Crippen molar-refractivity contribution in [3.05, 3.63) is 33.8 Å². The van der Waals surface area contributed by atoms with E-state index in [9.17, 15) is 4.79 Å². The maximum absolute atomic E-state index is 10.9. The van der Waals surface area contributed by atoms with Gasteiger partial charge in [0.1, 0.15) is 0 Å². The molecule has 0 aliphatic heterocycles. The number of hydrazone groups is 1. The van der Waals surface area contributed by atoms with Crippen molar-refractivity contribution in [2.45, 2.75) is 20.8 Å². The highest BCUT2D eigenvalue weighted by Crippen LogP contribution is 2.20. The number of nitrogens with zero attached hydrogens (tertiary/aromatic N) is 2. The van der Waals surface area contributed by atoms with Crippen molar-refractivity contribution in [3.63, 3.8) is 0 Å². The van der Waals surface area contributed by atoms with E-state index in [2.05, 4.69) is 5.10 Å². The summed E-state index contributed by atoms with van der Waals surface area (Å²) in [7, 11) is 3.63. The number of rotatable bonds is 3. The molecule has 0 heterocycles. The van der Waals surface area contributed by atoms with Crippen LogP contribution in [-0.4, -0.2) is 31.6 Å². The number of hydrogen-bond acceptors (Lipinski definition) is 3. The van der Waals surface area contributed by atoms with E-state index in [1.807, 2.05) is 40.9 Å². The van der Waals surface area contributed by atoms with Crippen molar-refractivity contribution in [1.82, 2.24) is 5.01 Å². The normalized spacial score (nSPS) is 9.76. The number of carbonyl (C=O) groups excluding carboxylic acids is 1. The van der Waals surface area contributed by atoms with Crippen molar-refractivity contribution in [2.24, 2.45) is 5.10 Å². The third-order valence-corrected chi connectivity index (χ3v) is 2.32. The first-order chi connectivity index (χ1) is 8.06. The highest BCUT2D eigenvalue weighted by molar-refractivity contribution is 6.33. The van der Waals surface area contributed by atoms with Gasteiger partial charge in [0.15, 0.2) is 6.29 Å². The van der Waals surface area contributed by atoms with Crippen LogP contribution in [0, 0.1) is 6.92 Å². The standard InChI is InChI=1S/C11H13ClN2O.C2H6/c1-8-4-5-11(12)10(7-15)9(8)6-13-14(2)3;1-2/h4-7H,1-3H3;1-2H3/b13-6-;. The van der Waals surface area contributed by atoms with E-state index in [4.69, 9.17) is 11.6 Å². The molecule has 3 nitrogen and oxygen atoms in total. The van der Waals surface area contributed by atoms with Gasteiger partial charge in [0.2, 0.25) is 0 Å². The van der Waals surface area contributed by atoms with Crippen molar-refractivity contribution < 1.29 is 4.79 Å². The largest absolute Gasteiger partial charge is 0.303 e. The Bertz CT molecular complexity index is 401. The van der Waals surface area contributed by atoms with Crippen LogP contribution in [0.2, 0.25) is 5.02 Å². The van der Waals surface area contributed by atoms with Gasteiger partial charge in [0.05, 0.1) is 11.2 Å². The molecule has 0 spiro atoms. The zero-order chi connectivity index (χ0) is 13.4. The molecule has 0 radical (unpaired) electrons. The molecule has 0 aliphatic carbocycles. The molecule has 0 unspecified atom stereocenters. The Kier molecular flexibility index (Phi) is 7.22. The van der Waals surface area contributed by atoms with Crippen LogP contribution in [0.1, 0.15) is 35.3 Å². The quantitative estimate of drug-likeness (QED) is 0.471. The van der Waals surface area contributed by atoms with Gasteiger partial charge < -0.3 is 5.01 Å². The molecule has 1 rings (SSSR count). The number of benzene rings is 1. The van der Waals surface area contributed by atoms with Gasteiger partial charge in [-0.05, 0) is 18.6 Å². The van der Waals surface area contributed by atoms with Crippen molar-refractivity contribution in [1.29, 1.82) is 0 Å². The third kappa shape index (κ3) is 4.57. The maximum atomic E-state index is 10.9. The lowest BCUT2D eigenvalue weighted by atomic mass is 10.0. The predicted molar refractivity (Wildman–Crippen MR) is 74.2 cm³/mol. The van der Waals surface area contributed by atoms with Crippen molar-refractivity contribution >= 4 is 24.1 Å². The smallest absolute Gasteiger partial charge is 0.152 e. The molecular weight excluding hydrogens is 236 g/mol. The molecule has 0 amide bonds. The molecule has 0 aromatic heterocycles. The molecule has 94 valence electrons. The first-order valence-electron chi connectivity index (χ1n) is 5.52. The average Bonchev–Trinajstić information content (AvgIpc) is 2.32. The van der Waals surface area contributed by atoms with Crippen molar-refractivity contribution in [2.75, 3.05) is 14.1 Å². The minimum atomic E-state index is 0.454. The Morgan fingerprint density at radius 2 is 1.82 bits per heavy atom. The molecular formula is C13H19ClN2O. The Hall–Kier alpha value is -1.35. The lowest BCUT2D eigenvalue weighted by Gasteiger charge is -2.07. The van der Waals surface area contributed by atoms with Crippen LogP contribution in [0.3, 0.4) is 0 Å². The number of hydrogen-bond donors (Lipinski definition) is 0. The SMILES string of the molecule is CC.Cc1ccc(Cl)c(C=O)c1/C=N\N(C)C. The summed E-state index contributed by atoms with van der Waals surface area (Å²) in [4.78, 5) is 10.9. The first kappa shape index (κ1) is 15.7. The van der Waals surface area contributed by atoms with Gasteiger partial charge in [-0.1, -0.05) is 31.5 Å². The van der Waals surface area contributed by atoms with Crippen LogP contribution in [-0.2, 0) is 0 Å². The molecule has 0 bridgehead atoms. The molecule has 0 atom stereocenters. The maximum Gasteiger partial charge on any atom is 0.152 e. The molecule has 0 N–H and O–H groups in total. The summed E-state index contributed by atoms with van der Waals surface area (Å²) in [6, 6.07) is 3.58. The Balaban J connectivity index is 0.00000121. The molecule has 0 fully saturated rings. The van der Waals surface area contributed by atoms with Crippen LogP contribution in [0.4, 0.5) is 0 Å². The Morgan fingerprint density at radius 1 is 1.24 bits per heavy atom. The minimum Gasteiger partial charge on any atom is -0.303 e. The summed E-state index contributed by atoms with van der Waals surface area (Å²) in [6.45, 7) is 5.92. The highest BCUT2D eigenvalue weighted by atomic mass is 35.5. The van der Waals surface area contributed by atoms with Gasteiger partial charge >= 0.3 is 0 Å². The summed E-state index contributed by atoms with van der Waals surface area (Å²) >= 11 is 5.91. The van der Waals surface area contributed by atoms with E-state index in [-0.39, 0.29) is 0 Å². The summed E-state index contributed by atoms with van der Waals surface area (Å²) in [6.07, 6.45) is 2.40. The fraction of sp³-hybridized carbons (Fsp3) is 0.385. The van der Waals surface area contributed by atoms with E-state index < -0.39 is 0 Å². The topological polar surface area (TPSA) is 32.7 Å². The van der Waals surface area contributed by atoms with Crippen LogP contribution in [0.15, 0.2) is 17.2 Å². The van der Waals surface area contributed by atoms with Gasteiger partial charge in [-0.25, -0.2) is 0 Å². The van der Waals surface area contributed by atoms with Gasteiger partial charge in [-0.2, -0.15) is 5.10 Å². The van der Waals surface area contributed by atoms with Crippen LogP contribution in [0.25, 0.3) is 0 Å². The second-order valence-corrected chi connectivity index (χ2v) is 3.81. The number of carbonyl (C=O) groups is 1. The Morgan fingerprint density at radius 3 is 2.29 bits per heavy atom. The molecule has 0 aliphatic rings. The fourth-order valence-electron chi connectivity index (χ4n) is 1.18. The fourth-order valence-corrected chi connectivity index (χ4v) is 1.39. The van der Waals surface area contributed by atoms with E-state index in [1.165, 1.54) is 0 Å². The van der Waals surface area contributed by atoms with Gasteiger partial charge in [0.25, 0.3) is 0 Å². The second-order valence-electron chi connectivity index (χ2n) is 3.40. The number of aryl methyl sites for hydroxylation is 1.